The van der Waals surface area contributed by atoms with Crippen molar-refractivity contribution in [1.82, 2.24) is 4.98 Å². The third-order valence-electron chi connectivity index (χ3n) is 3.10. The molecule has 21 heavy (non-hydrogen) atoms. The minimum absolute atomic E-state index is 0.0891. The van der Waals surface area contributed by atoms with E-state index in [4.69, 9.17) is 9.47 Å². The fraction of sp³-hybridized carbons (Fsp3) is 0.312. The van der Waals surface area contributed by atoms with E-state index in [-0.39, 0.29) is 17.6 Å². The summed E-state index contributed by atoms with van der Waals surface area (Å²) >= 11 is 0. The van der Waals surface area contributed by atoms with Crippen molar-refractivity contribution in [2.45, 2.75) is 19.9 Å². The predicted octanol–water partition coefficient (Wildman–Crippen LogP) is 3.80. The van der Waals surface area contributed by atoms with E-state index in [1.807, 2.05) is 32.0 Å². The highest BCUT2D eigenvalue weighted by Gasteiger charge is 2.12. The molecule has 0 aliphatic rings. The van der Waals surface area contributed by atoms with E-state index in [0.29, 0.717) is 12.5 Å². The molecule has 1 N–H and O–H groups in total. The number of nitrogens with zero attached hydrogens (tertiary/aromatic N) is 1. The van der Waals surface area contributed by atoms with Gasteiger partial charge in [0.15, 0.2) is 11.6 Å². The predicted molar refractivity (Wildman–Crippen MR) is 80.4 cm³/mol. The fourth-order valence-corrected chi connectivity index (χ4v) is 2.02. The first-order valence-corrected chi connectivity index (χ1v) is 6.83. The number of hydrogen-bond donors (Lipinski definition) is 1. The number of pyridine rings is 1. The summed E-state index contributed by atoms with van der Waals surface area (Å²) < 4.78 is 24.1. The van der Waals surface area contributed by atoms with Crippen molar-refractivity contribution in [3.05, 3.63) is 47.9 Å². The molecule has 0 amide bonds. The minimum atomic E-state index is -0.375. The maximum absolute atomic E-state index is 13.8. The molecule has 1 aromatic carbocycles. The van der Waals surface area contributed by atoms with Gasteiger partial charge in [0, 0.05) is 12.2 Å². The van der Waals surface area contributed by atoms with Crippen LogP contribution < -0.4 is 14.8 Å². The second kappa shape index (κ2) is 6.92. The summed E-state index contributed by atoms with van der Waals surface area (Å²) in [7, 11) is 1.45. The van der Waals surface area contributed by atoms with Gasteiger partial charge < -0.3 is 14.8 Å². The minimum Gasteiger partial charge on any atom is -0.494 e. The molecule has 112 valence electrons. The summed E-state index contributed by atoms with van der Waals surface area (Å²) in [4.78, 5) is 4.18. The molecule has 4 nitrogen and oxygen atoms in total. The van der Waals surface area contributed by atoms with Crippen LogP contribution in [0.4, 0.5) is 10.1 Å². The lowest BCUT2D eigenvalue weighted by Gasteiger charge is -2.18. The van der Waals surface area contributed by atoms with Gasteiger partial charge in [0.1, 0.15) is 0 Å². The smallest absolute Gasteiger partial charge is 0.237 e. The molecule has 0 aliphatic carbocycles. The Bertz CT molecular complexity index is 605. The van der Waals surface area contributed by atoms with E-state index >= 15 is 0 Å². The summed E-state index contributed by atoms with van der Waals surface area (Å²) in [6, 6.07) is 8.54. The Morgan fingerprint density at radius 1 is 1.33 bits per heavy atom. The molecule has 1 atom stereocenters. The first-order valence-electron chi connectivity index (χ1n) is 6.83. The highest BCUT2D eigenvalue weighted by atomic mass is 19.1. The van der Waals surface area contributed by atoms with Crippen molar-refractivity contribution >= 4 is 5.69 Å². The zero-order valence-corrected chi connectivity index (χ0v) is 12.4. The van der Waals surface area contributed by atoms with Gasteiger partial charge in [-0.05, 0) is 43.7 Å². The van der Waals surface area contributed by atoms with E-state index in [0.717, 1.165) is 11.3 Å². The standard InChI is InChI=1S/C16H19FN2O2/c1-4-21-16-14(6-5-9-18-16)19-11(2)12-7-8-15(20-3)13(17)10-12/h5-11,19H,4H2,1-3H3. The van der Waals surface area contributed by atoms with Crippen LogP contribution in [-0.2, 0) is 0 Å². The van der Waals surface area contributed by atoms with Gasteiger partial charge in [0.2, 0.25) is 5.88 Å². The summed E-state index contributed by atoms with van der Waals surface area (Å²) in [5, 5.41) is 3.28. The number of hydrogen-bond acceptors (Lipinski definition) is 4. The average molecular weight is 290 g/mol. The van der Waals surface area contributed by atoms with Crippen LogP contribution >= 0.6 is 0 Å². The zero-order chi connectivity index (χ0) is 15.2. The van der Waals surface area contributed by atoms with Crippen molar-refractivity contribution in [1.29, 1.82) is 0 Å². The molecule has 1 heterocycles. The Morgan fingerprint density at radius 2 is 2.14 bits per heavy atom. The molecule has 5 heteroatoms. The number of halogens is 1. The molecule has 0 fully saturated rings. The van der Waals surface area contributed by atoms with Crippen LogP contribution in [0.3, 0.4) is 0 Å². The fourth-order valence-electron chi connectivity index (χ4n) is 2.02. The third kappa shape index (κ3) is 3.62. The third-order valence-corrected chi connectivity index (χ3v) is 3.10. The number of methoxy groups -OCH3 is 1. The Hall–Kier alpha value is -2.30. The van der Waals surface area contributed by atoms with Crippen LogP contribution in [-0.4, -0.2) is 18.7 Å². The van der Waals surface area contributed by atoms with Crippen LogP contribution in [0.2, 0.25) is 0 Å². The van der Waals surface area contributed by atoms with Gasteiger partial charge in [0.25, 0.3) is 0 Å². The molecule has 2 rings (SSSR count). The first-order chi connectivity index (χ1) is 10.2. The molecule has 0 aliphatic heterocycles. The van der Waals surface area contributed by atoms with Crippen molar-refractivity contribution < 1.29 is 13.9 Å². The van der Waals surface area contributed by atoms with Gasteiger partial charge >= 0.3 is 0 Å². The van der Waals surface area contributed by atoms with Gasteiger partial charge in [-0.15, -0.1) is 0 Å². The topological polar surface area (TPSA) is 43.4 Å². The molecular formula is C16H19FN2O2. The lowest BCUT2D eigenvalue weighted by Crippen LogP contribution is -2.09. The largest absolute Gasteiger partial charge is 0.494 e. The molecular weight excluding hydrogens is 271 g/mol. The van der Waals surface area contributed by atoms with Crippen LogP contribution in [0.5, 0.6) is 11.6 Å². The molecule has 1 unspecified atom stereocenters. The molecule has 0 saturated heterocycles. The lowest BCUT2D eigenvalue weighted by atomic mass is 10.1. The quantitative estimate of drug-likeness (QED) is 0.878. The lowest BCUT2D eigenvalue weighted by molar-refractivity contribution is 0.328. The second-order valence-electron chi connectivity index (χ2n) is 4.55. The average Bonchev–Trinajstić information content (AvgIpc) is 2.49. The number of ether oxygens (including phenoxy) is 2. The maximum Gasteiger partial charge on any atom is 0.237 e. The van der Waals surface area contributed by atoms with Crippen molar-refractivity contribution in [3.63, 3.8) is 0 Å². The highest BCUT2D eigenvalue weighted by Crippen LogP contribution is 2.28. The Labute approximate surface area is 123 Å². The SMILES string of the molecule is CCOc1ncccc1NC(C)c1ccc(OC)c(F)c1. The molecule has 0 bridgehead atoms. The monoisotopic (exact) mass is 290 g/mol. The summed E-state index contributed by atoms with van der Waals surface area (Å²) in [6.07, 6.45) is 1.67. The normalized spacial score (nSPS) is 11.8. The highest BCUT2D eigenvalue weighted by molar-refractivity contribution is 5.53. The van der Waals surface area contributed by atoms with Crippen molar-refractivity contribution in [2.75, 3.05) is 19.0 Å². The van der Waals surface area contributed by atoms with Crippen LogP contribution in [0, 0.1) is 5.82 Å². The Kier molecular flexibility index (Phi) is 4.98. The first kappa shape index (κ1) is 15.1. The molecule has 0 radical (unpaired) electrons. The molecule has 1 aromatic heterocycles. The number of benzene rings is 1. The number of nitrogens with one attached hydrogen (secondary N) is 1. The van der Waals surface area contributed by atoms with Gasteiger partial charge in [0.05, 0.1) is 19.4 Å². The van der Waals surface area contributed by atoms with Crippen LogP contribution in [0.25, 0.3) is 0 Å². The van der Waals surface area contributed by atoms with Gasteiger partial charge in [-0.2, -0.15) is 0 Å². The Balaban J connectivity index is 2.18. The summed E-state index contributed by atoms with van der Waals surface area (Å²) in [5.41, 5.74) is 1.60. The van der Waals surface area contributed by atoms with E-state index in [1.54, 1.807) is 12.3 Å². The number of rotatable bonds is 6. The van der Waals surface area contributed by atoms with E-state index < -0.39 is 0 Å². The van der Waals surface area contributed by atoms with Crippen molar-refractivity contribution in [3.8, 4) is 11.6 Å². The Morgan fingerprint density at radius 3 is 2.81 bits per heavy atom. The van der Waals surface area contributed by atoms with Crippen LogP contribution in [0.15, 0.2) is 36.5 Å². The van der Waals surface area contributed by atoms with Gasteiger partial charge in [-0.1, -0.05) is 6.07 Å². The van der Waals surface area contributed by atoms with Crippen molar-refractivity contribution in [2.24, 2.45) is 0 Å². The number of anilines is 1. The van der Waals surface area contributed by atoms with E-state index in [9.17, 15) is 4.39 Å². The summed E-state index contributed by atoms with van der Waals surface area (Å²) in [5.74, 6) is 0.406. The van der Waals surface area contributed by atoms with E-state index in [2.05, 4.69) is 10.3 Å². The van der Waals surface area contributed by atoms with Gasteiger partial charge in [-0.25, -0.2) is 9.37 Å². The molecule has 0 spiro atoms. The summed E-state index contributed by atoms with van der Waals surface area (Å²) in [6.45, 7) is 4.39. The number of aromatic nitrogens is 1. The maximum atomic E-state index is 13.8. The second-order valence-corrected chi connectivity index (χ2v) is 4.55. The molecule has 0 saturated carbocycles. The van der Waals surface area contributed by atoms with Gasteiger partial charge in [-0.3, -0.25) is 0 Å². The van der Waals surface area contributed by atoms with E-state index in [1.165, 1.54) is 13.2 Å². The molecule has 2 aromatic rings. The zero-order valence-electron chi connectivity index (χ0n) is 12.4. The van der Waals surface area contributed by atoms with Crippen LogP contribution in [0.1, 0.15) is 25.5 Å².